The number of nitrogens with one attached hydrogen (secondary N) is 2. The SMILES string of the molecule is CC(C(=O)NC1CCCC(C(=O)N(C)C)C1)C1CNC1.Cl. The Morgan fingerprint density at radius 1 is 1.24 bits per heavy atom. The van der Waals surface area contributed by atoms with Crippen molar-refractivity contribution < 1.29 is 9.59 Å². The molecule has 2 fully saturated rings. The van der Waals surface area contributed by atoms with Crippen LogP contribution in [0.15, 0.2) is 0 Å². The zero-order valence-electron chi connectivity index (χ0n) is 13.2. The highest BCUT2D eigenvalue weighted by molar-refractivity contribution is 5.85. The maximum Gasteiger partial charge on any atom is 0.225 e. The summed E-state index contributed by atoms with van der Waals surface area (Å²) in [6.45, 7) is 3.90. The second-order valence-electron chi connectivity index (χ2n) is 6.51. The van der Waals surface area contributed by atoms with Crippen molar-refractivity contribution in [3.05, 3.63) is 0 Å². The summed E-state index contributed by atoms with van der Waals surface area (Å²) in [7, 11) is 3.60. The molecular formula is C15H28ClN3O2. The normalized spacial score (nSPS) is 27.0. The Hall–Kier alpha value is -0.810. The summed E-state index contributed by atoms with van der Waals surface area (Å²) in [6, 6.07) is 0.167. The van der Waals surface area contributed by atoms with Crippen LogP contribution in [0.3, 0.4) is 0 Å². The number of carbonyl (C=O) groups is 2. The average Bonchev–Trinajstić information content (AvgIpc) is 2.35. The minimum atomic E-state index is 0. The fourth-order valence-corrected chi connectivity index (χ4v) is 3.12. The summed E-state index contributed by atoms with van der Waals surface area (Å²) in [5.74, 6) is 0.961. The molecule has 3 atom stereocenters. The Labute approximate surface area is 133 Å². The van der Waals surface area contributed by atoms with Crippen molar-refractivity contribution in [3.63, 3.8) is 0 Å². The Bertz CT molecular complexity index is 372. The van der Waals surface area contributed by atoms with Gasteiger partial charge in [0.1, 0.15) is 0 Å². The number of hydrogen-bond donors (Lipinski definition) is 2. The zero-order chi connectivity index (χ0) is 14.7. The lowest BCUT2D eigenvalue weighted by Crippen LogP contribution is -2.51. The van der Waals surface area contributed by atoms with Crippen LogP contribution in [0.5, 0.6) is 0 Å². The minimum Gasteiger partial charge on any atom is -0.353 e. The number of amides is 2. The molecule has 1 saturated heterocycles. The van der Waals surface area contributed by atoms with E-state index in [2.05, 4.69) is 10.6 Å². The molecule has 2 aliphatic rings. The van der Waals surface area contributed by atoms with E-state index in [4.69, 9.17) is 0 Å². The van der Waals surface area contributed by atoms with Gasteiger partial charge in [0.15, 0.2) is 0 Å². The molecule has 0 aromatic carbocycles. The second kappa shape index (κ2) is 7.99. The second-order valence-corrected chi connectivity index (χ2v) is 6.51. The molecule has 1 heterocycles. The fraction of sp³-hybridized carbons (Fsp3) is 0.867. The van der Waals surface area contributed by atoms with Gasteiger partial charge in [0, 0.05) is 32.0 Å². The quantitative estimate of drug-likeness (QED) is 0.814. The van der Waals surface area contributed by atoms with Gasteiger partial charge in [-0.2, -0.15) is 0 Å². The van der Waals surface area contributed by atoms with Crippen molar-refractivity contribution >= 4 is 24.2 Å². The van der Waals surface area contributed by atoms with Gasteiger partial charge in [-0.1, -0.05) is 13.3 Å². The average molecular weight is 318 g/mol. The van der Waals surface area contributed by atoms with Crippen LogP contribution in [0.2, 0.25) is 0 Å². The molecule has 0 aromatic heterocycles. The smallest absolute Gasteiger partial charge is 0.225 e. The van der Waals surface area contributed by atoms with E-state index in [9.17, 15) is 9.59 Å². The lowest BCUT2D eigenvalue weighted by Gasteiger charge is -2.34. The van der Waals surface area contributed by atoms with Crippen LogP contribution in [-0.4, -0.2) is 49.9 Å². The van der Waals surface area contributed by atoms with E-state index in [0.29, 0.717) is 5.92 Å². The van der Waals surface area contributed by atoms with Crippen LogP contribution < -0.4 is 10.6 Å². The van der Waals surface area contributed by atoms with Gasteiger partial charge in [0.2, 0.25) is 11.8 Å². The molecular weight excluding hydrogens is 290 g/mol. The first kappa shape index (κ1) is 18.2. The van der Waals surface area contributed by atoms with Gasteiger partial charge in [-0.05, 0) is 38.3 Å². The molecule has 5 nitrogen and oxygen atoms in total. The summed E-state index contributed by atoms with van der Waals surface area (Å²) < 4.78 is 0. The first-order chi connectivity index (χ1) is 9.49. The molecule has 2 N–H and O–H groups in total. The number of halogens is 1. The molecule has 1 aliphatic carbocycles. The van der Waals surface area contributed by atoms with Gasteiger partial charge in [-0.25, -0.2) is 0 Å². The third kappa shape index (κ3) is 4.58. The first-order valence-corrected chi connectivity index (χ1v) is 7.71. The Balaban J connectivity index is 0.00000220. The van der Waals surface area contributed by atoms with Gasteiger partial charge in [0.25, 0.3) is 0 Å². The molecule has 2 amide bonds. The van der Waals surface area contributed by atoms with Crippen LogP contribution >= 0.6 is 12.4 Å². The van der Waals surface area contributed by atoms with Crippen molar-refractivity contribution in [3.8, 4) is 0 Å². The zero-order valence-corrected chi connectivity index (χ0v) is 14.0. The predicted molar refractivity (Wildman–Crippen MR) is 85.4 cm³/mol. The van der Waals surface area contributed by atoms with Crippen LogP contribution in [-0.2, 0) is 9.59 Å². The van der Waals surface area contributed by atoms with Gasteiger partial charge in [0.05, 0.1) is 0 Å². The molecule has 0 aromatic rings. The summed E-state index contributed by atoms with van der Waals surface area (Å²) >= 11 is 0. The Morgan fingerprint density at radius 3 is 2.43 bits per heavy atom. The number of nitrogens with zero attached hydrogens (tertiary/aromatic N) is 1. The van der Waals surface area contributed by atoms with Gasteiger partial charge in [-0.3, -0.25) is 9.59 Å². The molecule has 0 radical (unpaired) electrons. The van der Waals surface area contributed by atoms with Crippen LogP contribution in [0.1, 0.15) is 32.6 Å². The lowest BCUT2D eigenvalue weighted by atomic mass is 9.83. The highest BCUT2D eigenvalue weighted by Gasteiger charge is 2.32. The van der Waals surface area contributed by atoms with Gasteiger partial charge in [-0.15, -0.1) is 12.4 Å². The van der Waals surface area contributed by atoms with Gasteiger partial charge < -0.3 is 15.5 Å². The van der Waals surface area contributed by atoms with Crippen LogP contribution in [0.25, 0.3) is 0 Å². The van der Waals surface area contributed by atoms with E-state index in [1.807, 2.05) is 6.92 Å². The van der Waals surface area contributed by atoms with Crippen LogP contribution in [0.4, 0.5) is 0 Å². The lowest BCUT2D eigenvalue weighted by molar-refractivity contribution is -0.135. The maximum atomic E-state index is 12.2. The Kier molecular flexibility index (Phi) is 6.94. The highest BCUT2D eigenvalue weighted by atomic mass is 35.5. The fourth-order valence-electron chi connectivity index (χ4n) is 3.12. The van der Waals surface area contributed by atoms with Crippen molar-refractivity contribution in [2.45, 2.75) is 38.6 Å². The highest BCUT2D eigenvalue weighted by Crippen LogP contribution is 2.26. The molecule has 1 saturated carbocycles. The number of hydrogen-bond acceptors (Lipinski definition) is 3. The molecule has 2 rings (SSSR count). The molecule has 0 bridgehead atoms. The Morgan fingerprint density at radius 2 is 1.90 bits per heavy atom. The van der Waals surface area contributed by atoms with E-state index in [1.54, 1.807) is 19.0 Å². The standard InChI is InChI=1S/C15H27N3O2.ClH/c1-10(12-8-16-9-12)14(19)17-13-6-4-5-11(7-13)15(20)18(2)3;/h10-13,16H,4-9H2,1-3H3,(H,17,19);1H. The van der Waals surface area contributed by atoms with E-state index < -0.39 is 0 Å². The van der Waals surface area contributed by atoms with E-state index in [0.717, 1.165) is 38.8 Å². The summed E-state index contributed by atoms with van der Waals surface area (Å²) in [5, 5.41) is 6.36. The van der Waals surface area contributed by atoms with E-state index in [1.165, 1.54) is 0 Å². The number of rotatable bonds is 4. The van der Waals surface area contributed by atoms with Gasteiger partial charge >= 0.3 is 0 Å². The molecule has 3 unspecified atom stereocenters. The van der Waals surface area contributed by atoms with Crippen molar-refractivity contribution in [1.29, 1.82) is 0 Å². The van der Waals surface area contributed by atoms with Crippen molar-refractivity contribution in [1.82, 2.24) is 15.5 Å². The summed E-state index contributed by atoms with van der Waals surface area (Å²) in [6.07, 6.45) is 3.76. The first-order valence-electron chi connectivity index (χ1n) is 7.71. The molecule has 122 valence electrons. The van der Waals surface area contributed by atoms with E-state index >= 15 is 0 Å². The van der Waals surface area contributed by atoms with E-state index in [-0.39, 0.29) is 42.1 Å². The third-order valence-corrected chi connectivity index (χ3v) is 4.74. The van der Waals surface area contributed by atoms with Crippen molar-refractivity contribution in [2.75, 3.05) is 27.2 Å². The third-order valence-electron chi connectivity index (χ3n) is 4.74. The number of carbonyl (C=O) groups excluding carboxylic acids is 2. The minimum absolute atomic E-state index is 0. The summed E-state index contributed by atoms with van der Waals surface area (Å²) in [4.78, 5) is 25.9. The predicted octanol–water partition coefficient (Wildman–Crippen LogP) is 1.03. The maximum absolute atomic E-state index is 12.2. The largest absolute Gasteiger partial charge is 0.353 e. The molecule has 21 heavy (non-hydrogen) atoms. The molecule has 0 spiro atoms. The molecule has 1 aliphatic heterocycles. The topological polar surface area (TPSA) is 61.4 Å². The monoisotopic (exact) mass is 317 g/mol. The summed E-state index contributed by atoms with van der Waals surface area (Å²) in [5.41, 5.74) is 0. The van der Waals surface area contributed by atoms with Crippen molar-refractivity contribution in [2.24, 2.45) is 17.8 Å². The molecule has 6 heteroatoms. The van der Waals surface area contributed by atoms with Crippen LogP contribution in [0, 0.1) is 17.8 Å².